The van der Waals surface area contributed by atoms with Gasteiger partial charge in [0.1, 0.15) is 0 Å². The highest BCUT2D eigenvalue weighted by Gasteiger charge is 2.08. The van der Waals surface area contributed by atoms with Gasteiger partial charge in [0.25, 0.3) is 10.4 Å². The SMILES string of the molecule is O=S(=O)([O-])OC1=NCCN1. The molecule has 0 aliphatic carbocycles. The van der Waals surface area contributed by atoms with Gasteiger partial charge in [0, 0.05) is 6.54 Å². The fourth-order valence-electron chi connectivity index (χ4n) is 0.529. The lowest BCUT2D eigenvalue weighted by Gasteiger charge is -2.07. The standard InChI is InChI=1S/C3H6N2O4S/c6-10(7,8)9-3-4-1-2-5-3/h1-2H2,(H,4,5)(H,6,7,8)/p-1. The van der Waals surface area contributed by atoms with Crippen molar-refractivity contribution in [2.75, 3.05) is 13.1 Å². The summed E-state index contributed by atoms with van der Waals surface area (Å²) in [6, 6.07) is -0.213. The zero-order valence-electron chi connectivity index (χ0n) is 4.90. The molecular formula is C3H5N2O4S-. The highest BCUT2D eigenvalue weighted by Crippen LogP contribution is 1.91. The Hall–Kier alpha value is -0.820. The van der Waals surface area contributed by atoms with Crippen molar-refractivity contribution in [2.24, 2.45) is 4.99 Å². The molecule has 1 heterocycles. The Labute approximate surface area is 57.9 Å². The van der Waals surface area contributed by atoms with E-state index in [9.17, 15) is 13.0 Å². The van der Waals surface area contributed by atoms with E-state index in [1.54, 1.807) is 0 Å². The number of nitrogens with one attached hydrogen (secondary N) is 1. The van der Waals surface area contributed by atoms with Crippen molar-refractivity contribution in [3.8, 4) is 0 Å². The molecule has 0 bridgehead atoms. The molecule has 1 rings (SSSR count). The summed E-state index contributed by atoms with van der Waals surface area (Å²) in [5.74, 6) is 0. The Morgan fingerprint density at radius 1 is 1.70 bits per heavy atom. The minimum Gasteiger partial charge on any atom is -0.716 e. The maximum atomic E-state index is 9.89. The van der Waals surface area contributed by atoms with Crippen molar-refractivity contribution in [3.63, 3.8) is 0 Å². The minimum atomic E-state index is -4.65. The van der Waals surface area contributed by atoms with Gasteiger partial charge in [-0.05, 0) is 0 Å². The molecule has 0 amide bonds. The van der Waals surface area contributed by atoms with E-state index >= 15 is 0 Å². The summed E-state index contributed by atoms with van der Waals surface area (Å²) in [6.07, 6.45) is 0. The molecule has 10 heavy (non-hydrogen) atoms. The van der Waals surface area contributed by atoms with Crippen molar-refractivity contribution < 1.29 is 17.2 Å². The largest absolute Gasteiger partial charge is 0.716 e. The molecule has 1 aliphatic rings. The fraction of sp³-hybridized carbons (Fsp3) is 0.667. The van der Waals surface area contributed by atoms with Crippen molar-refractivity contribution in [3.05, 3.63) is 0 Å². The molecular weight excluding hydrogens is 160 g/mol. The van der Waals surface area contributed by atoms with Gasteiger partial charge >= 0.3 is 6.02 Å². The quantitative estimate of drug-likeness (QED) is 0.374. The molecule has 0 spiro atoms. The third-order valence-corrected chi connectivity index (χ3v) is 1.19. The average molecular weight is 165 g/mol. The van der Waals surface area contributed by atoms with Crippen LogP contribution in [0.5, 0.6) is 0 Å². The number of hydrogen-bond acceptors (Lipinski definition) is 6. The van der Waals surface area contributed by atoms with Gasteiger partial charge in [-0.15, -0.1) is 0 Å². The Kier molecular flexibility index (Phi) is 1.77. The van der Waals surface area contributed by atoms with E-state index in [0.717, 1.165) is 0 Å². The van der Waals surface area contributed by atoms with Crippen LogP contribution in [0.2, 0.25) is 0 Å². The molecule has 6 nitrogen and oxygen atoms in total. The first-order chi connectivity index (χ1) is 4.58. The van der Waals surface area contributed by atoms with Crippen LogP contribution in [0.4, 0.5) is 0 Å². The summed E-state index contributed by atoms with van der Waals surface area (Å²) < 4.78 is 33.5. The third-order valence-electron chi connectivity index (χ3n) is 0.824. The Balaban J connectivity index is 2.54. The maximum Gasteiger partial charge on any atom is 0.301 e. The van der Waals surface area contributed by atoms with Gasteiger partial charge in [0.15, 0.2) is 0 Å². The van der Waals surface area contributed by atoms with Gasteiger partial charge in [0.2, 0.25) is 0 Å². The van der Waals surface area contributed by atoms with Crippen LogP contribution in [-0.2, 0) is 14.6 Å². The summed E-state index contributed by atoms with van der Waals surface area (Å²) in [6.45, 7) is 0.940. The Bertz CT molecular complexity index is 243. The van der Waals surface area contributed by atoms with Crippen LogP contribution in [0.15, 0.2) is 4.99 Å². The van der Waals surface area contributed by atoms with Gasteiger partial charge in [-0.3, -0.25) is 0 Å². The fourth-order valence-corrected chi connectivity index (χ4v) is 0.834. The van der Waals surface area contributed by atoms with Crippen LogP contribution >= 0.6 is 0 Å². The maximum absolute atomic E-state index is 9.89. The number of nitrogens with zero attached hydrogens (tertiary/aromatic N) is 1. The smallest absolute Gasteiger partial charge is 0.301 e. The second-order valence-corrected chi connectivity index (χ2v) is 2.59. The monoisotopic (exact) mass is 165 g/mol. The number of hydrogen-bond donors (Lipinski definition) is 1. The van der Waals surface area contributed by atoms with Gasteiger partial charge in [-0.2, -0.15) is 0 Å². The first-order valence-electron chi connectivity index (χ1n) is 2.51. The van der Waals surface area contributed by atoms with E-state index in [1.807, 2.05) is 0 Å². The van der Waals surface area contributed by atoms with Crippen molar-refractivity contribution >= 4 is 16.4 Å². The molecule has 7 heteroatoms. The first kappa shape index (κ1) is 7.29. The number of rotatable bonds is 1. The predicted octanol–water partition coefficient (Wildman–Crippen LogP) is -1.58. The lowest BCUT2D eigenvalue weighted by atomic mass is 10.7. The number of aliphatic imine (C=N–C) groups is 1. The first-order valence-corrected chi connectivity index (χ1v) is 3.85. The van der Waals surface area contributed by atoms with Crippen LogP contribution in [0, 0.1) is 0 Å². The predicted molar refractivity (Wildman–Crippen MR) is 31.1 cm³/mol. The van der Waals surface area contributed by atoms with Crippen LogP contribution in [0.25, 0.3) is 0 Å². The van der Waals surface area contributed by atoms with Crippen LogP contribution in [0.3, 0.4) is 0 Å². The second-order valence-electron chi connectivity index (χ2n) is 1.61. The number of amidine groups is 1. The lowest BCUT2D eigenvalue weighted by molar-refractivity contribution is 0.363. The molecule has 0 unspecified atom stereocenters. The highest BCUT2D eigenvalue weighted by atomic mass is 32.3. The average Bonchev–Trinajstić information content (AvgIpc) is 2.12. The second kappa shape index (κ2) is 2.43. The summed E-state index contributed by atoms with van der Waals surface area (Å²) >= 11 is 0. The molecule has 0 aromatic carbocycles. The minimum absolute atomic E-state index is 0.213. The molecule has 1 aliphatic heterocycles. The summed E-state index contributed by atoms with van der Waals surface area (Å²) in [5.41, 5.74) is 0. The van der Waals surface area contributed by atoms with E-state index in [4.69, 9.17) is 0 Å². The summed E-state index contributed by atoms with van der Waals surface area (Å²) in [5, 5.41) is 2.46. The zero-order chi connectivity index (χ0) is 7.61. The van der Waals surface area contributed by atoms with Crippen LogP contribution < -0.4 is 5.32 Å². The van der Waals surface area contributed by atoms with E-state index in [1.165, 1.54) is 0 Å². The van der Waals surface area contributed by atoms with E-state index < -0.39 is 10.4 Å². The van der Waals surface area contributed by atoms with Crippen LogP contribution in [0.1, 0.15) is 0 Å². The van der Waals surface area contributed by atoms with Gasteiger partial charge in [-0.25, -0.2) is 13.4 Å². The van der Waals surface area contributed by atoms with Crippen LogP contribution in [-0.4, -0.2) is 32.1 Å². The third kappa shape index (κ3) is 2.19. The molecule has 0 saturated carbocycles. The van der Waals surface area contributed by atoms with Gasteiger partial charge in [0.05, 0.1) is 6.54 Å². The lowest BCUT2D eigenvalue weighted by Crippen LogP contribution is -2.24. The topological polar surface area (TPSA) is 90.8 Å². The summed E-state index contributed by atoms with van der Waals surface area (Å²) in [4.78, 5) is 3.53. The van der Waals surface area contributed by atoms with Gasteiger partial charge < -0.3 is 14.1 Å². The normalized spacial score (nSPS) is 17.9. The van der Waals surface area contributed by atoms with Crippen molar-refractivity contribution in [1.82, 2.24) is 5.32 Å². The molecule has 0 aromatic heterocycles. The molecule has 0 saturated heterocycles. The molecule has 0 aromatic rings. The van der Waals surface area contributed by atoms with Crippen molar-refractivity contribution in [1.29, 1.82) is 0 Å². The molecule has 0 radical (unpaired) electrons. The van der Waals surface area contributed by atoms with Crippen molar-refractivity contribution in [2.45, 2.75) is 0 Å². The van der Waals surface area contributed by atoms with Gasteiger partial charge in [-0.1, -0.05) is 0 Å². The highest BCUT2D eigenvalue weighted by molar-refractivity contribution is 7.81. The van der Waals surface area contributed by atoms with E-state index in [-0.39, 0.29) is 6.02 Å². The molecule has 0 fully saturated rings. The summed E-state index contributed by atoms with van der Waals surface area (Å²) in [7, 11) is -4.65. The molecule has 0 atom stereocenters. The van der Waals surface area contributed by atoms with E-state index in [0.29, 0.717) is 13.1 Å². The van der Waals surface area contributed by atoms with E-state index in [2.05, 4.69) is 14.5 Å². The Morgan fingerprint density at radius 2 is 2.40 bits per heavy atom. The molecule has 58 valence electrons. The zero-order valence-corrected chi connectivity index (χ0v) is 5.72. The molecule has 1 N–H and O–H groups in total. The Morgan fingerprint density at radius 3 is 2.80 bits per heavy atom.